The third-order valence-electron chi connectivity index (χ3n) is 3.65. The van der Waals surface area contributed by atoms with Crippen molar-refractivity contribution in [1.82, 2.24) is 4.90 Å². The van der Waals surface area contributed by atoms with Crippen LogP contribution in [0.4, 0.5) is 0 Å². The molecule has 0 bridgehead atoms. The number of hydrogen-bond acceptors (Lipinski definition) is 2. The summed E-state index contributed by atoms with van der Waals surface area (Å²) in [7, 11) is 0. The van der Waals surface area contributed by atoms with Crippen molar-refractivity contribution in [1.29, 1.82) is 0 Å². The van der Waals surface area contributed by atoms with Crippen LogP contribution in [-0.4, -0.2) is 29.6 Å². The number of halogens is 1. The van der Waals surface area contributed by atoms with Crippen molar-refractivity contribution < 1.29 is 5.11 Å². The maximum atomic E-state index is 10.4. The molecule has 0 spiro atoms. The molecule has 1 aromatic rings. The van der Waals surface area contributed by atoms with Gasteiger partial charge < -0.3 is 10.0 Å². The van der Waals surface area contributed by atoms with Crippen LogP contribution in [0.2, 0.25) is 5.02 Å². The minimum Gasteiger partial charge on any atom is -0.387 e. The Bertz CT molecular complexity index is 387. The van der Waals surface area contributed by atoms with Crippen LogP contribution in [0.1, 0.15) is 56.8 Å². The highest BCUT2D eigenvalue weighted by molar-refractivity contribution is 6.31. The SMILES string of the molecule is CCCCN(CCCC)CC(O)c1ccc(Cl)c(C)c1. The number of aliphatic hydroxyl groups excluding tert-OH is 1. The number of aryl methyl sites for hydroxylation is 1. The topological polar surface area (TPSA) is 23.5 Å². The fraction of sp³-hybridized carbons (Fsp3) is 0.647. The zero-order valence-corrected chi connectivity index (χ0v) is 13.8. The van der Waals surface area contributed by atoms with Gasteiger partial charge in [0.1, 0.15) is 0 Å². The Morgan fingerprint density at radius 1 is 1.15 bits per heavy atom. The lowest BCUT2D eigenvalue weighted by atomic mass is 10.1. The number of aliphatic hydroxyl groups is 1. The molecular formula is C17H28ClNO. The normalized spacial score (nSPS) is 12.9. The molecule has 0 aliphatic heterocycles. The van der Waals surface area contributed by atoms with Crippen LogP contribution in [0.25, 0.3) is 0 Å². The summed E-state index contributed by atoms with van der Waals surface area (Å²) >= 11 is 6.04. The van der Waals surface area contributed by atoms with Crippen molar-refractivity contribution in [3.05, 3.63) is 34.3 Å². The minimum absolute atomic E-state index is 0.431. The number of benzene rings is 1. The molecule has 20 heavy (non-hydrogen) atoms. The van der Waals surface area contributed by atoms with E-state index in [1.807, 2.05) is 25.1 Å². The van der Waals surface area contributed by atoms with Gasteiger partial charge in [0.2, 0.25) is 0 Å². The Morgan fingerprint density at radius 3 is 2.25 bits per heavy atom. The van der Waals surface area contributed by atoms with E-state index in [-0.39, 0.29) is 0 Å². The fourth-order valence-electron chi connectivity index (χ4n) is 2.28. The van der Waals surface area contributed by atoms with E-state index < -0.39 is 6.10 Å². The van der Waals surface area contributed by atoms with E-state index in [9.17, 15) is 5.11 Å². The fourth-order valence-corrected chi connectivity index (χ4v) is 2.40. The van der Waals surface area contributed by atoms with Gasteiger partial charge in [0.05, 0.1) is 6.10 Å². The van der Waals surface area contributed by atoms with Crippen molar-refractivity contribution in [2.75, 3.05) is 19.6 Å². The molecule has 0 radical (unpaired) electrons. The van der Waals surface area contributed by atoms with Crippen LogP contribution in [0.5, 0.6) is 0 Å². The lowest BCUT2D eigenvalue weighted by molar-refractivity contribution is 0.111. The summed E-state index contributed by atoms with van der Waals surface area (Å²) in [6.45, 7) is 9.24. The Kier molecular flexibility index (Phi) is 8.20. The standard InChI is InChI=1S/C17H28ClNO/c1-4-6-10-19(11-7-5-2)13-17(20)15-8-9-16(18)14(3)12-15/h8-9,12,17,20H,4-7,10-11,13H2,1-3H3. The molecule has 3 heteroatoms. The van der Waals surface area contributed by atoms with E-state index in [0.717, 1.165) is 29.2 Å². The van der Waals surface area contributed by atoms with Gasteiger partial charge >= 0.3 is 0 Å². The predicted molar refractivity (Wildman–Crippen MR) is 87.4 cm³/mol. The molecule has 1 atom stereocenters. The van der Waals surface area contributed by atoms with Crippen LogP contribution >= 0.6 is 11.6 Å². The molecule has 1 unspecified atom stereocenters. The highest BCUT2D eigenvalue weighted by atomic mass is 35.5. The summed E-state index contributed by atoms with van der Waals surface area (Å²) in [6, 6.07) is 5.79. The molecular weight excluding hydrogens is 270 g/mol. The largest absolute Gasteiger partial charge is 0.387 e. The molecule has 2 nitrogen and oxygen atoms in total. The van der Waals surface area contributed by atoms with Gasteiger partial charge in [-0.15, -0.1) is 0 Å². The molecule has 0 amide bonds. The summed E-state index contributed by atoms with van der Waals surface area (Å²) < 4.78 is 0. The molecule has 0 saturated heterocycles. The summed E-state index contributed by atoms with van der Waals surface area (Å²) in [5, 5.41) is 11.2. The minimum atomic E-state index is -0.431. The van der Waals surface area contributed by atoms with Crippen molar-refractivity contribution in [3.63, 3.8) is 0 Å². The molecule has 0 aliphatic carbocycles. The zero-order chi connectivity index (χ0) is 15.0. The predicted octanol–water partition coefficient (Wildman–Crippen LogP) is 4.58. The van der Waals surface area contributed by atoms with Gasteiger partial charge in [-0.3, -0.25) is 0 Å². The number of hydrogen-bond donors (Lipinski definition) is 1. The summed E-state index contributed by atoms with van der Waals surface area (Å²) in [5.41, 5.74) is 1.99. The van der Waals surface area contributed by atoms with Crippen molar-refractivity contribution in [2.24, 2.45) is 0 Å². The van der Waals surface area contributed by atoms with Crippen molar-refractivity contribution in [2.45, 2.75) is 52.6 Å². The van der Waals surface area contributed by atoms with E-state index in [1.165, 1.54) is 25.7 Å². The molecule has 1 N–H and O–H groups in total. The molecule has 0 saturated carbocycles. The first-order valence-corrected chi connectivity index (χ1v) is 8.12. The lowest BCUT2D eigenvalue weighted by Crippen LogP contribution is -2.30. The second kappa shape index (κ2) is 9.38. The molecule has 0 fully saturated rings. The van der Waals surface area contributed by atoms with Gasteiger partial charge in [0.15, 0.2) is 0 Å². The average Bonchev–Trinajstić information content (AvgIpc) is 2.44. The van der Waals surface area contributed by atoms with Gasteiger partial charge in [-0.05, 0) is 50.0 Å². The summed E-state index contributed by atoms with van der Waals surface area (Å²) in [5.74, 6) is 0. The van der Waals surface area contributed by atoms with Gasteiger partial charge in [0, 0.05) is 11.6 Å². The van der Waals surface area contributed by atoms with Gasteiger partial charge in [-0.25, -0.2) is 0 Å². The van der Waals surface area contributed by atoms with E-state index in [0.29, 0.717) is 6.54 Å². The number of rotatable bonds is 9. The first kappa shape index (κ1) is 17.5. The van der Waals surface area contributed by atoms with Crippen LogP contribution in [0, 0.1) is 6.92 Å². The van der Waals surface area contributed by atoms with Crippen LogP contribution in [-0.2, 0) is 0 Å². The monoisotopic (exact) mass is 297 g/mol. The quantitative estimate of drug-likeness (QED) is 0.721. The first-order chi connectivity index (χ1) is 9.58. The molecule has 1 rings (SSSR count). The summed E-state index contributed by atoms with van der Waals surface area (Å²) in [4.78, 5) is 2.38. The maximum Gasteiger partial charge on any atom is 0.0917 e. The van der Waals surface area contributed by atoms with E-state index in [2.05, 4.69) is 18.7 Å². The van der Waals surface area contributed by atoms with Gasteiger partial charge in [-0.1, -0.05) is 50.4 Å². The third-order valence-corrected chi connectivity index (χ3v) is 4.08. The van der Waals surface area contributed by atoms with Gasteiger partial charge in [-0.2, -0.15) is 0 Å². The van der Waals surface area contributed by atoms with E-state index in [4.69, 9.17) is 11.6 Å². The maximum absolute atomic E-state index is 10.4. The Hall–Kier alpha value is -0.570. The highest BCUT2D eigenvalue weighted by Gasteiger charge is 2.13. The van der Waals surface area contributed by atoms with Crippen molar-refractivity contribution >= 4 is 11.6 Å². The molecule has 0 aromatic heterocycles. The first-order valence-electron chi connectivity index (χ1n) is 7.75. The van der Waals surface area contributed by atoms with Crippen LogP contribution in [0.3, 0.4) is 0 Å². The van der Waals surface area contributed by atoms with E-state index in [1.54, 1.807) is 0 Å². The second-order valence-corrected chi connectivity index (χ2v) is 5.94. The summed E-state index contributed by atoms with van der Waals surface area (Å²) in [6.07, 6.45) is 4.34. The van der Waals surface area contributed by atoms with Crippen LogP contribution in [0.15, 0.2) is 18.2 Å². The second-order valence-electron chi connectivity index (χ2n) is 5.53. The van der Waals surface area contributed by atoms with Gasteiger partial charge in [0.25, 0.3) is 0 Å². The number of nitrogens with zero attached hydrogens (tertiary/aromatic N) is 1. The van der Waals surface area contributed by atoms with Crippen molar-refractivity contribution in [3.8, 4) is 0 Å². The third kappa shape index (κ3) is 5.82. The highest BCUT2D eigenvalue weighted by Crippen LogP contribution is 2.21. The number of unbranched alkanes of at least 4 members (excludes halogenated alkanes) is 2. The molecule has 114 valence electrons. The smallest absolute Gasteiger partial charge is 0.0917 e. The molecule has 0 aliphatic rings. The Morgan fingerprint density at radius 2 is 1.75 bits per heavy atom. The van der Waals surface area contributed by atoms with E-state index >= 15 is 0 Å². The molecule has 1 aromatic carbocycles. The Labute approximate surface area is 128 Å². The Balaban J connectivity index is 2.62. The molecule has 0 heterocycles. The average molecular weight is 298 g/mol. The van der Waals surface area contributed by atoms with Crippen LogP contribution < -0.4 is 0 Å². The lowest BCUT2D eigenvalue weighted by Gasteiger charge is -2.25. The zero-order valence-electron chi connectivity index (χ0n) is 13.0.